The predicted octanol–water partition coefficient (Wildman–Crippen LogP) is 2.53. The maximum Gasteiger partial charge on any atom is 0.411 e. The number of carboxylic acid groups (broad SMARTS) is 1. The maximum absolute atomic E-state index is 14.9. The lowest BCUT2D eigenvalue weighted by Crippen LogP contribution is -2.53. The molecule has 1 saturated heterocycles. The molecule has 1 fully saturated rings. The molecule has 15 heteroatoms. The molecule has 230 valence electrons. The van der Waals surface area contributed by atoms with Gasteiger partial charge < -0.3 is 24.6 Å². The number of amides is 1. The fourth-order valence-corrected chi connectivity index (χ4v) is 4.88. The van der Waals surface area contributed by atoms with Crippen LogP contribution in [0.4, 0.5) is 27.6 Å². The standard InChI is InChI=1S/C28H27F5N4O6/c1-14-22(25(39)36(3)27(42)35(14)2)16-6-4-15(5-7-16)10-20(26(40)41)34-24(38)23-18(29)11-17(12-19(23)30)37-8-9-43-13-21(37)28(31,32)33/h4-7,11-12,20-21H,8-10,13H2,1-3H3,(H,34,38)(H,40,41)/t20-,21+/m0/s1. The van der Waals surface area contributed by atoms with Crippen LogP contribution in [0.5, 0.6) is 0 Å². The molecule has 4 rings (SSSR count). The van der Waals surface area contributed by atoms with Crippen LogP contribution in [0.3, 0.4) is 0 Å². The molecule has 0 radical (unpaired) electrons. The number of aromatic nitrogens is 2. The van der Waals surface area contributed by atoms with E-state index >= 15 is 0 Å². The zero-order chi connectivity index (χ0) is 31.8. The largest absolute Gasteiger partial charge is 0.480 e. The second-order valence-electron chi connectivity index (χ2n) is 10.0. The summed E-state index contributed by atoms with van der Waals surface area (Å²) in [5, 5.41) is 11.7. The maximum atomic E-state index is 14.9. The van der Waals surface area contributed by atoms with E-state index in [-0.39, 0.29) is 25.1 Å². The highest BCUT2D eigenvalue weighted by atomic mass is 19.4. The average molecular weight is 611 g/mol. The topological polar surface area (TPSA) is 123 Å². The first-order chi connectivity index (χ1) is 20.1. The van der Waals surface area contributed by atoms with Crippen LogP contribution in [-0.4, -0.2) is 64.1 Å². The first-order valence-corrected chi connectivity index (χ1v) is 12.9. The van der Waals surface area contributed by atoms with Crippen LogP contribution in [0, 0.1) is 18.6 Å². The number of halogens is 5. The Balaban J connectivity index is 1.55. The van der Waals surface area contributed by atoms with Crippen molar-refractivity contribution in [3.8, 4) is 11.1 Å². The summed E-state index contributed by atoms with van der Waals surface area (Å²) in [5.74, 6) is -5.87. The van der Waals surface area contributed by atoms with Gasteiger partial charge in [0.15, 0.2) is 0 Å². The SMILES string of the molecule is Cc1c(-c2ccc(C[C@H](NC(=O)c3c(F)cc(N4CCOC[C@@H]4C(F)(F)F)cc3F)C(=O)O)cc2)c(=O)n(C)c(=O)n1C. The van der Waals surface area contributed by atoms with Crippen molar-refractivity contribution < 1.29 is 41.4 Å². The van der Waals surface area contributed by atoms with Crippen molar-refractivity contribution in [2.75, 3.05) is 24.7 Å². The number of anilines is 1. The summed E-state index contributed by atoms with van der Waals surface area (Å²) in [7, 11) is 2.85. The van der Waals surface area contributed by atoms with Crippen LogP contribution < -0.4 is 21.5 Å². The highest BCUT2D eigenvalue weighted by molar-refractivity contribution is 5.97. The number of carbonyl (C=O) groups excluding carboxylic acids is 1. The van der Waals surface area contributed by atoms with E-state index < -0.39 is 70.9 Å². The van der Waals surface area contributed by atoms with E-state index in [9.17, 15) is 46.2 Å². The lowest BCUT2D eigenvalue weighted by molar-refractivity contribution is -0.167. The van der Waals surface area contributed by atoms with E-state index in [2.05, 4.69) is 5.32 Å². The van der Waals surface area contributed by atoms with E-state index in [1.165, 1.54) is 42.9 Å². The summed E-state index contributed by atoms with van der Waals surface area (Å²) in [6.45, 7) is 0.450. The Bertz CT molecular complexity index is 1660. The van der Waals surface area contributed by atoms with Crippen molar-refractivity contribution in [3.63, 3.8) is 0 Å². The van der Waals surface area contributed by atoms with Crippen LogP contribution >= 0.6 is 0 Å². The fraction of sp³-hybridized carbons (Fsp3) is 0.357. The molecule has 3 aromatic rings. The van der Waals surface area contributed by atoms with Gasteiger partial charge in [-0.05, 0) is 30.2 Å². The number of morpholine rings is 1. The number of aliphatic carboxylic acids is 1. The molecule has 1 amide bonds. The lowest BCUT2D eigenvalue weighted by atomic mass is 10.00. The van der Waals surface area contributed by atoms with Gasteiger partial charge in [-0.2, -0.15) is 13.2 Å². The van der Waals surface area contributed by atoms with Gasteiger partial charge in [0.05, 0.1) is 18.8 Å². The van der Waals surface area contributed by atoms with Gasteiger partial charge in [0.1, 0.15) is 29.3 Å². The molecule has 1 aliphatic rings. The Morgan fingerprint density at radius 1 is 1.07 bits per heavy atom. The van der Waals surface area contributed by atoms with Crippen molar-refractivity contribution in [2.24, 2.45) is 14.1 Å². The summed E-state index contributed by atoms with van der Waals surface area (Å²) >= 11 is 0. The molecule has 0 unspecified atom stereocenters. The fourth-order valence-electron chi connectivity index (χ4n) is 4.88. The van der Waals surface area contributed by atoms with Crippen molar-refractivity contribution in [2.45, 2.75) is 31.6 Å². The molecular weight excluding hydrogens is 583 g/mol. The van der Waals surface area contributed by atoms with Crippen molar-refractivity contribution in [1.29, 1.82) is 0 Å². The summed E-state index contributed by atoms with van der Waals surface area (Å²) in [4.78, 5) is 50.3. The minimum absolute atomic E-state index is 0.111. The Labute approximate surface area is 240 Å². The molecule has 10 nitrogen and oxygen atoms in total. The third-order valence-corrected chi connectivity index (χ3v) is 7.34. The van der Waals surface area contributed by atoms with Gasteiger partial charge >= 0.3 is 17.8 Å². The minimum Gasteiger partial charge on any atom is -0.480 e. The van der Waals surface area contributed by atoms with E-state index in [0.29, 0.717) is 29.0 Å². The molecule has 2 heterocycles. The van der Waals surface area contributed by atoms with Crippen molar-refractivity contribution in [1.82, 2.24) is 14.5 Å². The van der Waals surface area contributed by atoms with Crippen LogP contribution in [0.25, 0.3) is 11.1 Å². The predicted molar refractivity (Wildman–Crippen MR) is 144 cm³/mol. The monoisotopic (exact) mass is 610 g/mol. The number of hydrogen-bond acceptors (Lipinski definition) is 6. The number of carboxylic acids is 1. The summed E-state index contributed by atoms with van der Waals surface area (Å²) in [6, 6.07) is 3.43. The second-order valence-corrected chi connectivity index (χ2v) is 10.0. The van der Waals surface area contributed by atoms with Crippen LogP contribution in [-0.2, 0) is 30.0 Å². The van der Waals surface area contributed by atoms with Crippen molar-refractivity contribution in [3.05, 3.63) is 85.7 Å². The molecule has 2 aromatic carbocycles. The number of ether oxygens (including phenoxy) is 1. The Kier molecular flexibility index (Phi) is 8.76. The number of rotatable bonds is 7. The number of nitrogens with zero attached hydrogens (tertiary/aromatic N) is 3. The first kappa shape index (κ1) is 31.4. The Morgan fingerprint density at radius 2 is 1.67 bits per heavy atom. The molecule has 0 saturated carbocycles. The average Bonchev–Trinajstić information content (AvgIpc) is 2.94. The molecule has 2 N–H and O–H groups in total. The molecule has 2 atom stereocenters. The summed E-state index contributed by atoms with van der Waals surface area (Å²) in [6.07, 6.45) is -5.06. The van der Waals surface area contributed by atoms with E-state index in [4.69, 9.17) is 4.74 Å². The van der Waals surface area contributed by atoms with E-state index in [0.717, 1.165) is 9.47 Å². The van der Waals surface area contributed by atoms with Gasteiger partial charge in [0.25, 0.3) is 11.5 Å². The minimum atomic E-state index is -4.75. The first-order valence-electron chi connectivity index (χ1n) is 12.9. The third kappa shape index (κ3) is 6.30. The molecule has 0 aliphatic carbocycles. The number of benzene rings is 2. The van der Waals surface area contributed by atoms with Gasteiger partial charge in [0, 0.05) is 38.4 Å². The molecular formula is C28H27F5N4O6. The summed E-state index contributed by atoms with van der Waals surface area (Å²) < 4.78 is 77.2. The van der Waals surface area contributed by atoms with Gasteiger partial charge in [-0.3, -0.25) is 14.2 Å². The van der Waals surface area contributed by atoms with E-state index in [1.807, 2.05) is 0 Å². The lowest BCUT2D eigenvalue weighted by Gasteiger charge is -2.38. The molecule has 1 aromatic heterocycles. The highest BCUT2D eigenvalue weighted by Gasteiger charge is 2.46. The molecule has 0 bridgehead atoms. The zero-order valence-electron chi connectivity index (χ0n) is 23.2. The molecule has 1 aliphatic heterocycles. The molecule has 43 heavy (non-hydrogen) atoms. The van der Waals surface area contributed by atoms with Gasteiger partial charge in [-0.15, -0.1) is 0 Å². The quantitative estimate of drug-likeness (QED) is 0.395. The Morgan fingerprint density at radius 3 is 2.23 bits per heavy atom. The third-order valence-electron chi connectivity index (χ3n) is 7.34. The normalized spacial score (nSPS) is 16.2. The smallest absolute Gasteiger partial charge is 0.411 e. The van der Waals surface area contributed by atoms with Crippen LogP contribution in [0.1, 0.15) is 21.6 Å². The zero-order valence-corrected chi connectivity index (χ0v) is 23.2. The number of nitrogens with one attached hydrogen (secondary N) is 1. The highest BCUT2D eigenvalue weighted by Crippen LogP contribution is 2.32. The van der Waals surface area contributed by atoms with E-state index in [1.54, 1.807) is 6.92 Å². The number of carbonyl (C=O) groups is 2. The number of alkyl halides is 3. The van der Waals surface area contributed by atoms with Gasteiger partial charge in [0.2, 0.25) is 0 Å². The van der Waals surface area contributed by atoms with Gasteiger partial charge in [-0.25, -0.2) is 18.4 Å². The van der Waals surface area contributed by atoms with Crippen LogP contribution in [0.15, 0.2) is 46.0 Å². The second kappa shape index (κ2) is 12.0. The Hall–Kier alpha value is -4.53. The molecule has 0 spiro atoms. The van der Waals surface area contributed by atoms with Gasteiger partial charge in [-0.1, -0.05) is 24.3 Å². The van der Waals surface area contributed by atoms with Crippen LogP contribution in [0.2, 0.25) is 0 Å². The number of hydrogen-bond donors (Lipinski definition) is 2. The van der Waals surface area contributed by atoms with Crippen molar-refractivity contribution >= 4 is 17.6 Å². The summed E-state index contributed by atoms with van der Waals surface area (Å²) in [5.41, 5.74) is -1.12.